The van der Waals surface area contributed by atoms with Gasteiger partial charge in [0.15, 0.2) is 0 Å². The highest BCUT2D eigenvalue weighted by molar-refractivity contribution is 5.36. The van der Waals surface area contributed by atoms with Crippen LogP contribution in [0.25, 0.3) is 0 Å². The normalized spacial score (nSPS) is 12.6. The molecule has 78 valence electrons. The molecule has 0 fully saturated rings. The maximum atomic E-state index is 12.8. The molecule has 0 aliphatic carbocycles. The number of halogens is 2. The number of hydrogen-bond acceptors (Lipinski definition) is 2. The molecule has 0 unspecified atom stereocenters. The van der Waals surface area contributed by atoms with E-state index in [4.69, 9.17) is 10.5 Å². The first-order chi connectivity index (χ1) is 6.69. The van der Waals surface area contributed by atoms with E-state index in [2.05, 4.69) is 0 Å². The summed E-state index contributed by atoms with van der Waals surface area (Å²) >= 11 is 0. The van der Waals surface area contributed by atoms with E-state index in [1.807, 2.05) is 0 Å². The number of hydrogen-bond donors (Lipinski definition) is 1. The summed E-state index contributed by atoms with van der Waals surface area (Å²) in [5.41, 5.74) is 6.32. The summed E-state index contributed by atoms with van der Waals surface area (Å²) in [5.74, 6) is -0.0241. The maximum absolute atomic E-state index is 12.8. The van der Waals surface area contributed by atoms with Crippen molar-refractivity contribution in [3.05, 3.63) is 29.6 Å². The quantitative estimate of drug-likeness (QED) is 0.810. The summed E-state index contributed by atoms with van der Waals surface area (Å²) in [7, 11) is 1.43. The molecule has 1 aromatic carbocycles. The van der Waals surface area contributed by atoms with Gasteiger partial charge in [0.1, 0.15) is 11.6 Å². The van der Waals surface area contributed by atoms with Crippen LogP contribution in [0.1, 0.15) is 18.0 Å². The number of rotatable bonds is 4. The molecule has 0 bridgehead atoms. The Morgan fingerprint density at radius 1 is 1.50 bits per heavy atom. The lowest BCUT2D eigenvalue weighted by molar-refractivity contribution is 0.392. The van der Waals surface area contributed by atoms with Crippen LogP contribution in [-0.4, -0.2) is 13.8 Å². The lowest BCUT2D eigenvalue weighted by atomic mass is 10.0. The van der Waals surface area contributed by atoms with Crippen molar-refractivity contribution in [2.75, 3.05) is 13.8 Å². The van der Waals surface area contributed by atoms with Gasteiger partial charge in [0.25, 0.3) is 0 Å². The van der Waals surface area contributed by atoms with Crippen LogP contribution in [-0.2, 0) is 0 Å². The molecule has 0 saturated carbocycles. The summed E-state index contributed by atoms with van der Waals surface area (Å²) in [5, 5.41) is 0. The highest BCUT2D eigenvalue weighted by Crippen LogP contribution is 2.26. The average molecular weight is 201 g/mol. The molecule has 0 aliphatic heterocycles. The van der Waals surface area contributed by atoms with Crippen molar-refractivity contribution in [1.82, 2.24) is 0 Å². The highest BCUT2D eigenvalue weighted by Gasteiger charge is 2.12. The minimum Gasteiger partial charge on any atom is -0.496 e. The van der Waals surface area contributed by atoms with Gasteiger partial charge in [0.2, 0.25) is 0 Å². The average Bonchev–Trinajstić information content (AvgIpc) is 2.17. The maximum Gasteiger partial charge on any atom is 0.126 e. The zero-order valence-electron chi connectivity index (χ0n) is 7.97. The predicted molar refractivity (Wildman–Crippen MR) is 50.5 cm³/mol. The Morgan fingerprint density at radius 2 is 2.21 bits per heavy atom. The molecule has 0 amide bonds. The Balaban J connectivity index is 2.95. The van der Waals surface area contributed by atoms with Crippen molar-refractivity contribution in [3.8, 4) is 5.75 Å². The third-order valence-corrected chi connectivity index (χ3v) is 2.02. The predicted octanol–water partition coefficient (Wildman–Crippen LogP) is 2.19. The van der Waals surface area contributed by atoms with Crippen molar-refractivity contribution in [2.24, 2.45) is 5.73 Å². The van der Waals surface area contributed by atoms with Gasteiger partial charge in [-0.05, 0) is 12.5 Å². The van der Waals surface area contributed by atoms with Crippen molar-refractivity contribution in [3.63, 3.8) is 0 Å². The number of methoxy groups -OCH3 is 1. The molecule has 0 aromatic heterocycles. The second-order valence-corrected chi connectivity index (χ2v) is 2.97. The first-order valence-electron chi connectivity index (χ1n) is 4.34. The lowest BCUT2D eigenvalue weighted by Gasteiger charge is -2.14. The van der Waals surface area contributed by atoms with E-state index in [1.54, 1.807) is 0 Å². The van der Waals surface area contributed by atoms with Crippen LogP contribution in [0.5, 0.6) is 5.75 Å². The molecule has 0 aliphatic rings. The molecule has 0 heterocycles. The van der Waals surface area contributed by atoms with E-state index < -0.39 is 18.5 Å². The zero-order valence-corrected chi connectivity index (χ0v) is 7.97. The van der Waals surface area contributed by atoms with Gasteiger partial charge in [0, 0.05) is 17.7 Å². The van der Waals surface area contributed by atoms with Crippen LogP contribution in [0.15, 0.2) is 18.2 Å². The van der Waals surface area contributed by atoms with Crippen LogP contribution in [0.4, 0.5) is 8.78 Å². The second kappa shape index (κ2) is 4.91. The molecule has 4 heteroatoms. The van der Waals surface area contributed by atoms with Crippen molar-refractivity contribution < 1.29 is 13.5 Å². The van der Waals surface area contributed by atoms with Gasteiger partial charge in [-0.3, -0.25) is 4.39 Å². The lowest BCUT2D eigenvalue weighted by Crippen LogP contribution is -2.12. The zero-order chi connectivity index (χ0) is 10.6. The van der Waals surface area contributed by atoms with E-state index in [1.165, 1.54) is 25.3 Å². The van der Waals surface area contributed by atoms with Crippen LogP contribution >= 0.6 is 0 Å². The fourth-order valence-corrected chi connectivity index (χ4v) is 1.26. The smallest absolute Gasteiger partial charge is 0.126 e. The SMILES string of the molecule is COc1cc(F)ccc1[C@@H](N)CCF. The largest absolute Gasteiger partial charge is 0.496 e. The van der Waals surface area contributed by atoms with E-state index in [0.717, 1.165) is 0 Å². The van der Waals surface area contributed by atoms with Gasteiger partial charge in [0.05, 0.1) is 13.8 Å². The second-order valence-electron chi connectivity index (χ2n) is 2.97. The number of nitrogens with two attached hydrogens (primary N) is 1. The van der Waals surface area contributed by atoms with Crippen LogP contribution < -0.4 is 10.5 Å². The van der Waals surface area contributed by atoms with Gasteiger partial charge >= 0.3 is 0 Å². The summed E-state index contributed by atoms with van der Waals surface area (Å²) in [6.07, 6.45) is 0.210. The fraction of sp³-hybridized carbons (Fsp3) is 0.400. The fourth-order valence-electron chi connectivity index (χ4n) is 1.26. The molecule has 2 N–H and O–H groups in total. The monoisotopic (exact) mass is 201 g/mol. The summed E-state index contributed by atoms with van der Waals surface area (Å²) < 4.78 is 29.8. The standard InChI is InChI=1S/C10H13F2NO/c1-14-10-6-7(12)2-3-8(10)9(13)4-5-11/h2-3,6,9H,4-5,13H2,1H3/t9-/m0/s1. The van der Waals surface area contributed by atoms with Crippen molar-refractivity contribution in [2.45, 2.75) is 12.5 Å². The van der Waals surface area contributed by atoms with Crippen molar-refractivity contribution >= 4 is 0 Å². The highest BCUT2D eigenvalue weighted by atomic mass is 19.1. The van der Waals surface area contributed by atoms with Crippen LogP contribution in [0.3, 0.4) is 0 Å². The van der Waals surface area contributed by atoms with Crippen LogP contribution in [0.2, 0.25) is 0 Å². The number of benzene rings is 1. The molecular weight excluding hydrogens is 188 g/mol. The van der Waals surface area contributed by atoms with E-state index >= 15 is 0 Å². The van der Waals surface area contributed by atoms with Gasteiger partial charge in [-0.25, -0.2) is 4.39 Å². The molecule has 1 aromatic rings. The molecule has 0 saturated heterocycles. The van der Waals surface area contributed by atoms with Crippen molar-refractivity contribution in [1.29, 1.82) is 0 Å². The van der Waals surface area contributed by atoms with Gasteiger partial charge in [-0.15, -0.1) is 0 Å². The van der Waals surface area contributed by atoms with Crippen LogP contribution in [0, 0.1) is 5.82 Å². The first kappa shape index (κ1) is 10.9. The molecule has 2 nitrogen and oxygen atoms in total. The number of ether oxygens (including phenoxy) is 1. The molecule has 1 atom stereocenters. The summed E-state index contributed by atoms with van der Waals surface area (Å²) in [6.45, 7) is -0.498. The third kappa shape index (κ3) is 2.42. The van der Waals surface area contributed by atoms with E-state index in [9.17, 15) is 8.78 Å². The molecule has 1 rings (SSSR count). The Kier molecular flexibility index (Phi) is 3.83. The summed E-state index contributed by atoms with van der Waals surface area (Å²) in [4.78, 5) is 0. The van der Waals surface area contributed by atoms with Gasteiger partial charge in [-0.2, -0.15) is 0 Å². The molecule has 14 heavy (non-hydrogen) atoms. The molecular formula is C10H13F2NO. The number of alkyl halides is 1. The Bertz CT molecular complexity index is 304. The van der Waals surface area contributed by atoms with E-state index in [-0.39, 0.29) is 6.42 Å². The topological polar surface area (TPSA) is 35.2 Å². The van der Waals surface area contributed by atoms with Gasteiger partial charge in [-0.1, -0.05) is 6.07 Å². The van der Waals surface area contributed by atoms with E-state index in [0.29, 0.717) is 11.3 Å². The minimum atomic E-state index is -0.498. The molecule has 0 spiro atoms. The minimum absolute atomic E-state index is 0.210. The summed E-state index contributed by atoms with van der Waals surface area (Å²) in [6, 6.07) is 3.60. The van der Waals surface area contributed by atoms with Gasteiger partial charge < -0.3 is 10.5 Å². The molecule has 0 radical (unpaired) electrons. The Labute approximate surface area is 81.7 Å². The Morgan fingerprint density at radius 3 is 2.79 bits per heavy atom. The third-order valence-electron chi connectivity index (χ3n) is 2.02. The Hall–Kier alpha value is -1.16. The first-order valence-corrected chi connectivity index (χ1v) is 4.34.